The summed E-state index contributed by atoms with van der Waals surface area (Å²) in [4.78, 5) is 13.1. The van der Waals surface area contributed by atoms with Gasteiger partial charge in [-0.15, -0.1) is 11.8 Å². The van der Waals surface area contributed by atoms with Gasteiger partial charge in [-0.25, -0.2) is 4.39 Å². The summed E-state index contributed by atoms with van der Waals surface area (Å²) in [6.07, 6.45) is 1.92. The van der Waals surface area contributed by atoms with Crippen LogP contribution in [0.1, 0.15) is 15.9 Å². The van der Waals surface area contributed by atoms with Crippen LogP contribution in [0.2, 0.25) is 5.02 Å². The largest absolute Gasteiger partial charge is 0.288 e. The first kappa shape index (κ1) is 13.1. The SMILES string of the molecule is CSc1cccc(C(=O)c2cc(Cl)ccc2F)c1. The first-order chi connectivity index (χ1) is 8.61. The molecule has 0 heterocycles. The van der Waals surface area contributed by atoms with E-state index in [2.05, 4.69) is 0 Å². The molecule has 0 saturated heterocycles. The maximum Gasteiger partial charge on any atom is 0.196 e. The van der Waals surface area contributed by atoms with Gasteiger partial charge in [0.05, 0.1) is 5.56 Å². The molecule has 0 atom stereocenters. The van der Waals surface area contributed by atoms with Crippen molar-refractivity contribution in [2.45, 2.75) is 4.90 Å². The molecule has 0 fully saturated rings. The van der Waals surface area contributed by atoms with Crippen LogP contribution < -0.4 is 0 Å². The third-order valence-electron chi connectivity index (χ3n) is 2.50. The first-order valence-corrected chi connectivity index (χ1v) is 6.86. The molecule has 0 spiro atoms. The molecule has 0 unspecified atom stereocenters. The highest BCUT2D eigenvalue weighted by molar-refractivity contribution is 7.98. The number of ketones is 1. The fraction of sp³-hybridized carbons (Fsp3) is 0.0714. The highest BCUT2D eigenvalue weighted by Crippen LogP contribution is 2.21. The number of carbonyl (C=O) groups excluding carboxylic acids is 1. The Morgan fingerprint density at radius 2 is 2.00 bits per heavy atom. The number of hydrogen-bond acceptors (Lipinski definition) is 2. The lowest BCUT2D eigenvalue weighted by molar-refractivity contribution is 0.103. The Morgan fingerprint density at radius 1 is 1.22 bits per heavy atom. The van der Waals surface area contributed by atoms with Crippen LogP contribution in [0.3, 0.4) is 0 Å². The molecular formula is C14H10ClFOS. The van der Waals surface area contributed by atoms with E-state index in [1.165, 1.54) is 30.0 Å². The fourth-order valence-corrected chi connectivity index (χ4v) is 2.22. The number of hydrogen-bond donors (Lipinski definition) is 0. The lowest BCUT2D eigenvalue weighted by Crippen LogP contribution is -2.04. The fourth-order valence-electron chi connectivity index (χ4n) is 1.59. The molecule has 0 amide bonds. The van der Waals surface area contributed by atoms with Gasteiger partial charge in [0.1, 0.15) is 5.82 Å². The Bertz CT molecular complexity index is 598. The van der Waals surface area contributed by atoms with Gasteiger partial charge >= 0.3 is 0 Å². The van der Waals surface area contributed by atoms with Crippen LogP contribution in [0.4, 0.5) is 4.39 Å². The second-order valence-corrected chi connectivity index (χ2v) is 5.00. The molecule has 0 radical (unpaired) electrons. The summed E-state index contributed by atoms with van der Waals surface area (Å²) in [5.74, 6) is -0.912. The second-order valence-electron chi connectivity index (χ2n) is 3.69. The summed E-state index contributed by atoms with van der Waals surface area (Å²) < 4.78 is 13.6. The Labute approximate surface area is 114 Å². The molecule has 0 bridgehead atoms. The molecule has 2 aromatic carbocycles. The van der Waals surface area contributed by atoms with Crippen LogP contribution >= 0.6 is 23.4 Å². The highest BCUT2D eigenvalue weighted by atomic mass is 35.5. The average molecular weight is 281 g/mol. The van der Waals surface area contributed by atoms with Crippen molar-refractivity contribution in [2.24, 2.45) is 0 Å². The molecular weight excluding hydrogens is 271 g/mol. The number of rotatable bonds is 3. The van der Waals surface area contributed by atoms with Crippen LogP contribution in [0.25, 0.3) is 0 Å². The van der Waals surface area contributed by atoms with Crippen LogP contribution in [0.15, 0.2) is 47.4 Å². The van der Waals surface area contributed by atoms with Crippen LogP contribution in [0, 0.1) is 5.82 Å². The second kappa shape index (κ2) is 5.55. The minimum absolute atomic E-state index is 0.000697. The van der Waals surface area contributed by atoms with E-state index < -0.39 is 5.82 Å². The third kappa shape index (κ3) is 2.74. The van der Waals surface area contributed by atoms with E-state index in [1.807, 2.05) is 12.3 Å². The molecule has 0 aliphatic carbocycles. The van der Waals surface area contributed by atoms with Crippen LogP contribution in [0.5, 0.6) is 0 Å². The van der Waals surface area contributed by atoms with Gasteiger partial charge < -0.3 is 0 Å². The van der Waals surface area contributed by atoms with Gasteiger partial charge in [0.2, 0.25) is 0 Å². The highest BCUT2D eigenvalue weighted by Gasteiger charge is 2.14. The molecule has 2 rings (SSSR count). The topological polar surface area (TPSA) is 17.1 Å². The Hall–Kier alpha value is -1.32. The third-order valence-corrected chi connectivity index (χ3v) is 3.47. The minimum Gasteiger partial charge on any atom is -0.288 e. The van der Waals surface area contributed by atoms with Gasteiger partial charge in [0.15, 0.2) is 5.78 Å². The van der Waals surface area contributed by atoms with Gasteiger partial charge in [0.25, 0.3) is 0 Å². The summed E-state index contributed by atoms with van der Waals surface area (Å²) in [5, 5.41) is 0.348. The average Bonchev–Trinajstić information content (AvgIpc) is 2.41. The summed E-state index contributed by atoms with van der Waals surface area (Å²) >= 11 is 7.31. The predicted molar refractivity (Wildman–Crippen MR) is 73.1 cm³/mol. The molecule has 0 N–H and O–H groups in total. The van der Waals surface area contributed by atoms with E-state index in [0.717, 1.165) is 4.90 Å². The van der Waals surface area contributed by atoms with Gasteiger partial charge in [0, 0.05) is 15.5 Å². The first-order valence-electron chi connectivity index (χ1n) is 5.25. The molecule has 2 aromatic rings. The minimum atomic E-state index is -0.557. The van der Waals surface area contributed by atoms with Gasteiger partial charge in [-0.1, -0.05) is 23.7 Å². The lowest BCUT2D eigenvalue weighted by atomic mass is 10.0. The van der Waals surface area contributed by atoms with E-state index >= 15 is 0 Å². The number of halogens is 2. The molecule has 0 saturated carbocycles. The molecule has 0 aliphatic heterocycles. The van der Waals surface area contributed by atoms with Crippen LogP contribution in [-0.4, -0.2) is 12.0 Å². The van der Waals surface area contributed by atoms with Crippen molar-refractivity contribution in [3.8, 4) is 0 Å². The zero-order valence-corrected chi connectivity index (χ0v) is 11.2. The van der Waals surface area contributed by atoms with E-state index in [0.29, 0.717) is 10.6 Å². The molecule has 0 aliphatic rings. The van der Waals surface area contributed by atoms with Crippen molar-refractivity contribution in [3.05, 3.63) is 64.4 Å². The quantitative estimate of drug-likeness (QED) is 0.611. The van der Waals surface area contributed by atoms with Crippen molar-refractivity contribution in [2.75, 3.05) is 6.26 Å². The maximum atomic E-state index is 13.6. The molecule has 0 aromatic heterocycles. The Kier molecular flexibility index (Phi) is 4.04. The number of thioether (sulfide) groups is 1. The predicted octanol–water partition coefficient (Wildman–Crippen LogP) is 4.43. The van der Waals surface area contributed by atoms with Crippen molar-refractivity contribution >= 4 is 29.1 Å². The van der Waals surface area contributed by atoms with Crippen molar-refractivity contribution in [1.29, 1.82) is 0 Å². The molecule has 92 valence electrons. The molecule has 1 nitrogen and oxygen atoms in total. The van der Waals surface area contributed by atoms with Crippen molar-refractivity contribution in [1.82, 2.24) is 0 Å². The number of carbonyl (C=O) groups is 1. The number of benzene rings is 2. The summed E-state index contributed by atoms with van der Waals surface area (Å²) in [6.45, 7) is 0. The Balaban J connectivity index is 2.44. The van der Waals surface area contributed by atoms with Crippen molar-refractivity contribution < 1.29 is 9.18 Å². The lowest BCUT2D eigenvalue weighted by Gasteiger charge is -2.05. The smallest absolute Gasteiger partial charge is 0.196 e. The monoisotopic (exact) mass is 280 g/mol. The zero-order chi connectivity index (χ0) is 13.1. The standard InChI is InChI=1S/C14H10ClFOS/c1-18-11-4-2-3-9(7-11)14(17)12-8-10(15)5-6-13(12)16/h2-8H,1H3. The van der Waals surface area contributed by atoms with E-state index in [-0.39, 0.29) is 11.3 Å². The van der Waals surface area contributed by atoms with E-state index in [4.69, 9.17) is 11.6 Å². The van der Waals surface area contributed by atoms with E-state index in [9.17, 15) is 9.18 Å². The normalized spacial score (nSPS) is 10.4. The Morgan fingerprint density at radius 3 is 2.72 bits per heavy atom. The maximum absolute atomic E-state index is 13.6. The summed E-state index contributed by atoms with van der Waals surface area (Å²) in [6, 6.07) is 11.1. The van der Waals surface area contributed by atoms with Crippen molar-refractivity contribution in [3.63, 3.8) is 0 Å². The zero-order valence-electron chi connectivity index (χ0n) is 9.61. The van der Waals surface area contributed by atoms with Crippen LogP contribution in [-0.2, 0) is 0 Å². The summed E-state index contributed by atoms with van der Waals surface area (Å²) in [7, 11) is 0. The molecule has 18 heavy (non-hydrogen) atoms. The van der Waals surface area contributed by atoms with Gasteiger partial charge in [-0.2, -0.15) is 0 Å². The summed E-state index contributed by atoms with van der Waals surface area (Å²) in [5.41, 5.74) is 0.462. The van der Waals surface area contributed by atoms with Gasteiger partial charge in [-0.05, 0) is 36.6 Å². The molecule has 4 heteroatoms. The van der Waals surface area contributed by atoms with Gasteiger partial charge in [-0.3, -0.25) is 4.79 Å². The van der Waals surface area contributed by atoms with E-state index in [1.54, 1.807) is 18.2 Å².